The van der Waals surface area contributed by atoms with Crippen molar-refractivity contribution in [2.45, 2.75) is 69.4 Å². The van der Waals surface area contributed by atoms with Gasteiger partial charge < -0.3 is 10.2 Å². The first-order chi connectivity index (χ1) is 19.3. The van der Waals surface area contributed by atoms with Gasteiger partial charge in [-0.2, -0.15) is 0 Å². The zero-order valence-electron chi connectivity index (χ0n) is 23.3. The zero-order valence-corrected chi connectivity index (χ0v) is 24.1. The summed E-state index contributed by atoms with van der Waals surface area (Å²) in [5.41, 5.74) is 2.21. The Labute approximate surface area is 238 Å². The van der Waals surface area contributed by atoms with E-state index in [2.05, 4.69) is 5.32 Å². The number of aryl methyl sites for hydroxylation is 1. The Morgan fingerprint density at radius 1 is 0.900 bits per heavy atom. The molecule has 2 amide bonds. The molecule has 3 aromatic rings. The molecule has 3 aromatic carbocycles. The molecule has 0 bridgehead atoms. The summed E-state index contributed by atoms with van der Waals surface area (Å²) in [4.78, 5) is 29.3. The number of sulfonamides is 1. The van der Waals surface area contributed by atoms with Crippen molar-refractivity contribution in [2.24, 2.45) is 0 Å². The third-order valence-electron chi connectivity index (χ3n) is 7.57. The Morgan fingerprint density at radius 3 is 2.12 bits per heavy atom. The number of carbonyl (C=O) groups is 2. The SMILES string of the molecule is CCC(C(=O)NC1CCCC1)N(CCc1ccccc1)C(=O)CN(c1ccccc1C)S(=O)(=O)c1ccccc1. The van der Waals surface area contributed by atoms with E-state index in [0.29, 0.717) is 25.1 Å². The van der Waals surface area contributed by atoms with Gasteiger partial charge >= 0.3 is 0 Å². The Bertz CT molecular complexity index is 1370. The number of hydrogen-bond acceptors (Lipinski definition) is 4. The fourth-order valence-electron chi connectivity index (χ4n) is 5.34. The third kappa shape index (κ3) is 7.10. The van der Waals surface area contributed by atoms with Gasteiger partial charge in [-0.25, -0.2) is 8.42 Å². The summed E-state index contributed by atoms with van der Waals surface area (Å²) in [6.45, 7) is 3.60. The van der Waals surface area contributed by atoms with Gasteiger partial charge in [0, 0.05) is 12.6 Å². The standard InChI is InChI=1S/C32H39N3O4S/c1-3-29(32(37)33-27-17-11-12-18-27)34(23-22-26-15-6-4-7-16-26)31(36)24-35(30-21-13-10-14-25(30)2)40(38,39)28-19-8-5-9-20-28/h4-10,13-16,19-21,27,29H,3,11-12,17-18,22-24H2,1-2H3,(H,33,37). The maximum Gasteiger partial charge on any atom is 0.264 e. The Morgan fingerprint density at radius 2 is 1.50 bits per heavy atom. The van der Waals surface area contributed by atoms with Gasteiger partial charge in [0.25, 0.3) is 10.0 Å². The Hall–Kier alpha value is -3.65. The molecule has 1 aliphatic carbocycles. The van der Waals surface area contributed by atoms with E-state index in [0.717, 1.165) is 36.8 Å². The molecule has 1 aliphatic rings. The highest BCUT2D eigenvalue weighted by molar-refractivity contribution is 7.92. The molecule has 0 aliphatic heterocycles. The van der Waals surface area contributed by atoms with Gasteiger partial charge in [-0.3, -0.25) is 13.9 Å². The molecule has 8 heteroatoms. The number of benzene rings is 3. The van der Waals surface area contributed by atoms with Crippen LogP contribution in [0.3, 0.4) is 0 Å². The van der Waals surface area contributed by atoms with Crippen molar-refractivity contribution < 1.29 is 18.0 Å². The van der Waals surface area contributed by atoms with Crippen molar-refractivity contribution in [3.05, 3.63) is 96.1 Å². The second-order valence-corrected chi connectivity index (χ2v) is 12.2. The highest BCUT2D eigenvalue weighted by Crippen LogP contribution is 2.27. The lowest BCUT2D eigenvalue weighted by atomic mass is 10.1. The van der Waals surface area contributed by atoms with Gasteiger partial charge in [0.2, 0.25) is 11.8 Å². The van der Waals surface area contributed by atoms with Crippen LogP contribution in [0.2, 0.25) is 0 Å². The molecule has 1 saturated carbocycles. The molecule has 212 valence electrons. The zero-order chi connectivity index (χ0) is 28.5. The van der Waals surface area contributed by atoms with E-state index in [1.54, 1.807) is 35.2 Å². The molecule has 0 heterocycles. The second-order valence-electron chi connectivity index (χ2n) is 10.3. The normalized spacial score (nSPS) is 14.4. The number of para-hydroxylation sites is 1. The highest BCUT2D eigenvalue weighted by atomic mass is 32.2. The highest BCUT2D eigenvalue weighted by Gasteiger charge is 2.34. The molecular formula is C32H39N3O4S. The first kappa shape index (κ1) is 29.3. The van der Waals surface area contributed by atoms with E-state index in [4.69, 9.17) is 0 Å². The molecule has 0 spiro atoms. The summed E-state index contributed by atoms with van der Waals surface area (Å²) < 4.78 is 29.0. The lowest BCUT2D eigenvalue weighted by Gasteiger charge is -2.34. The maximum absolute atomic E-state index is 14.1. The van der Waals surface area contributed by atoms with Gasteiger partial charge in [0.05, 0.1) is 10.6 Å². The molecule has 7 nitrogen and oxygen atoms in total. The molecule has 40 heavy (non-hydrogen) atoms. The van der Waals surface area contributed by atoms with E-state index >= 15 is 0 Å². The molecule has 0 radical (unpaired) electrons. The van der Waals surface area contributed by atoms with E-state index in [-0.39, 0.29) is 16.8 Å². The topological polar surface area (TPSA) is 86.8 Å². The van der Waals surface area contributed by atoms with Crippen LogP contribution >= 0.6 is 0 Å². The van der Waals surface area contributed by atoms with E-state index < -0.39 is 28.5 Å². The average Bonchev–Trinajstić information content (AvgIpc) is 3.48. The Kier molecular flexibility index (Phi) is 9.98. The van der Waals surface area contributed by atoms with Crippen molar-refractivity contribution in [1.29, 1.82) is 0 Å². The number of nitrogens with zero attached hydrogens (tertiary/aromatic N) is 2. The van der Waals surface area contributed by atoms with Crippen LogP contribution < -0.4 is 9.62 Å². The number of hydrogen-bond donors (Lipinski definition) is 1. The number of carbonyl (C=O) groups excluding carboxylic acids is 2. The van der Waals surface area contributed by atoms with Crippen LogP contribution in [0.15, 0.2) is 89.8 Å². The summed E-state index contributed by atoms with van der Waals surface area (Å²) in [5, 5.41) is 3.15. The molecule has 1 unspecified atom stereocenters. The minimum absolute atomic E-state index is 0.105. The first-order valence-electron chi connectivity index (χ1n) is 14.1. The van der Waals surface area contributed by atoms with Gasteiger partial charge in [-0.1, -0.05) is 86.5 Å². The summed E-state index contributed by atoms with van der Waals surface area (Å²) in [7, 11) is -4.06. The van der Waals surface area contributed by atoms with Crippen molar-refractivity contribution >= 4 is 27.5 Å². The molecule has 0 saturated heterocycles. The number of nitrogens with one attached hydrogen (secondary N) is 1. The van der Waals surface area contributed by atoms with E-state index in [9.17, 15) is 18.0 Å². The van der Waals surface area contributed by atoms with Gasteiger partial charge in [0.1, 0.15) is 12.6 Å². The van der Waals surface area contributed by atoms with Crippen LogP contribution in [0, 0.1) is 6.92 Å². The fourth-order valence-corrected chi connectivity index (χ4v) is 6.84. The smallest absolute Gasteiger partial charge is 0.264 e. The number of amides is 2. The van der Waals surface area contributed by atoms with Gasteiger partial charge in [-0.05, 0) is 61.9 Å². The van der Waals surface area contributed by atoms with Crippen molar-refractivity contribution in [3.63, 3.8) is 0 Å². The van der Waals surface area contributed by atoms with E-state index in [1.807, 2.05) is 56.3 Å². The third-order valence-corrected chi connectivity index (χ3v) is 9.34. The molecular weight excluding hydrogens is 522 g/mol. The van der Waals surface area contributed by atoms with Crippen molar-refractivity contribution in [2.75, 3.05) is 17.4 Å². The first-order valence-corrected chi connectivity index (χ1v) is 15.5. The van der Waals surface area contributed by atoms with Crippen molar-refractivity contribution in [1.82, 2.24) is 10.2 Å². The second kappa shape index (κ2) is 13.6. The predicted octanol–water partition coefficient (Wildman–Crippen LogP) is 5.10. The number of anilines is 1. The minimum Gasteiger partial charge on any atom is -0.352 e. The molecule has 4 rings (SSSR count). The quantitative estimate of drug-likeness (QED) is 0.333. The van der Waals surface area contributed by atoms with Crippen LogP contribution in [0.5, 0.6) is 0 Å². The molecule has 1 atom stereocenters. The van der Waals surface area contributed by atoms with Crippen LogP contribution in [0.4, 0.5) is 5.69 Å². The largest absolute Gasteiger partial charge is 0.352 e. The lowest BCUT2D eigenvalue weighted by Crippen LogP contribution is -2.54. The summed E-state index contributed by atoms with van der Waals surface area (Å²) in [6, 6.07) is 24.5. The summed E-state index contributed by atoms with van der Waals surface area (Å²) in [5.74, 6) is -0.587. The van der Waals surface area contributed by atoms with Gasteiger partial charge in [-0.15, -0.1) is 0 Å². The Balaban J connectivity index is 1.67. The maximum atomic E-state index is 14.1. The monoisotopic (exact) mass is 561 g/mol. The van der Waals surface area contributed by atoms with Crippen LogP contribution in [-0.4, -0.2) is 50.3 Å². The van der Waals surface area contributed by atoms with Crippen molar-refractivity contribution in [3.8, 4) is 0 Å². The minimum atomic E-state index is -4.06. The fraction of sp³-hybridized carbons (Fsp3) is 0.375. The van der Waals surface area contributed by atoms with Crippen LogP contribution in [0.1, 0.15) is 50.2 Å². The summed E-state index contributed by atoms with van der Waals surface area (Å²) >= 11 is 0. The molecule has 1 N–H and O–H groups in total. The molecule has 0 aromatic heterocycles. The lowest BCUT2D eigenvalue weighted by molar-refractivity contribution is -0.139. The average molecular weight is 562 g/mol. The van der Waals surface area contributed by atoms with Crippen LogP contribution in [-0.2, 0) is 26.0 Å². The van der Waals surface area contributed by atoms with Gasteiger partial charge in [0.15, 0.2) is 0 Å². The number of rotatable bonds is 12. The summed E-state index contributed by atoms with van der Waals surface area (Å²) in [6.07, 6.45) is 5.03. The predicted molar refractivity (Wildman–Crippen MR) is 158 cm³/mol. The molecule has 1 fully saturated rings. The van der Waals surface area contributed by atoms with Crippen LogP contribution in [0.25, 0.3) is 0 Å². The van der Waals surface area contributed by atoms with E-state index in [1.165, 1.54) is 16.4 Å².